The van der Waals surface area contributed by atoms with Crippen molar-refractivity contribution in [2.24, 2.45) is 16.3 Å². The van der Waals surface area contributed by atoms with Gasteiger partial charge in [-0.2, -0.15) is 0 Å². The van der Waals surface area contributed by atoms with E-state index in [-0.39, 0.29) is 0 Å². The lowest BCUT2D eigenvalue weighted by atomic mass is 9.97. The van der Waals surface area contributed by atoms with Gasteiger partial charge in [-0.25, -0.2) is 0 Å². The molecule has 0 aromatic carbocycles. The van der Waals surface area contributed by atoms with Crippen LogP contribution in [0.2, 0.25) is 0 Å². The summed E-state index contributed by atoms with van der Waals surface area (Å²) in [5.41, 5.74) is 0.333. The van der Waals surface area contributed by atoms with E-state index in [1.54, 1.807) is 0 Å². The van der Waals surface area contributed by atoms with Gasteiger partial charge in [0.15, 0.2) is 5.17 Å². The maximum absolute atomic E-state index is 4.54. The van der Waals surface area contributed by atoms with Crippen LogP contribution in [-0.2, 0) is 0 Å². The lowest BCUT2D eigenvalue weighted by Gasteiger charge is -2.19. The van der Waals surface area contributed by atoms with Crippen LogP contribution in [-0.4, -0.2) is 23.5 Å². The van der Waals surface area contributed by atoms with Crippen molar-refractivity contribution in [3.8, 4) is 0 Å². The number of nitrogens with one attached hydrogen (secondary N) is 1. The normalized spacial score (nSPS) is 22.0. The van der Waals surface area contributed by atoms with E-state index in [0.29, 0.717) is 10.7 Å². The molecule has 0 amide bonds. The number of nitrogens with zero attached hydrogens (tertiary/aromatic N) is 1. The largest absolute Gasteiger partial charge is 0.364 e. The summed E-state index contributed by atoms with van der Waals surface area (Å²) in [5.74, 6) is 0.777. The fourth-order valence-corrected chi connectivity index (χ4v) is 2.75. The Morgan fingerprint density at radius 2 is 2.13 bits per heavy atom. The number of aliphatic imine (C=N–C) groups is 1. The smallest absolute Gasteiger partial charge is 0.156 e. The van der Waals surface area contributed by atoms with E-state index in [4.69, 9.17) is 0 Å². The molecule has 0 spiro atoms. The van der Waals surface area contributed by atoms with Crippen molar-refractivity contribution >= 4 is 16.9 Å². The van der Waals surface area contributed by atoms with Gasteiger partial charge in [0, 0.05) is 11.8 Å². The lowest BCUT2D eigenvalue weighted by Crippen LogP contribution is -2.30. The molecule has 1 atom stereocenters. The second-order valence-electron chi connectivity index (χ2n) is 5.93. The molecule has 0 fully saturated rings. The molecule has 1 N–H and O–H groups in total. The van der Waals surface area contributed by atoms with E-state index in [1.807, 2.05) is 11.8 Å². The average molecular weight is 228 g/mol. The molecule has 0 radical (unpaired) electrons. The Bertz CT molecular complexity index is 228. The molecule has 0 aromatic rings. The zero-order chi connectivity index (χ0) is 11.5. The summed E-state index contributed by atoms with van der Waals surface area (Å²) in [6.07, 6.45) is 1.27. The third-order valence-corrected chi connectivity index (χ3v) is 3.39. The van der Waals surface area contributed by atoms with Gasteiger partial charge < -0.3 is 5.32 Å². The number of amidine groups is 1. The van der Waals surface area contributed by atoms with Crippen molar-refractivity contribution in [2.45, 2.75) is 46.3 Å². The van der Waals surface area contributed by atoms with Crippen molar-refractivity contribution in [1.82, 2.24) is 5.32 Å². The predicted octanol–water partition coefficient (Wildman–Crippen LogP) is 3.14. The van der Waals surface area contributed by atoms with E-state index >= 15 is 0 Å². The van der Waals surface area contributed by atoms with E-state index < -0.39 is 0 Å². The molecule has 1 rings (SSSR count). The van der Waals surface area contributed by atoms with Gasteiger partial charge in [-0.1, -0.05) is 46.4 Å². The first kappa shape index (κ1) is 12.9. The fraction of sp³-hybridized carbons (Fsp3) is 0.917. The first-order valence-corrected chi connectivity index (χ1v) is 6.70. The first-order chi connectivity index (χ1) is 6.87. The van der Waals surface area contributed by atoms with Gasteiger partial charge in [0.05, 0.1) is 6.54 Å². The topological polar surface area (TPSA) is 24.4 Å². The van der Waals surface area contributed by atoms with Crippen LogP contribution in [0, 0.1) is 11.3 Å². The molecule has 3 heteroatoms. The molecule has 88 valence electrons. The van der Waals surface area contributed by atoms with Crippen molar-refractivity contribution in [2.75, 3.05) is 13.1 Å². The van der Waals surface area contributed by atoms with Crippen LogP contribution in [0.1, 0.15) is 41.0 Å². The fourth-order valence-electron chi connectivity index (χ4n) is 1.50. The van der Waals surface area contributed by atoms with Gasteiger partial charge in [-0.05, 0) is 17.8 Å². The second kappa shape index (κ2) is 5.24. The Labute approximate surface area is 98.3 Å². The van der Waals surface area contributed by atoms with Gasteiger partial charge in [0.25, 0.3) is 0 Å². The molecule has 1 unspecified atom stereocenters. The number of rotatable bonds is 3. The molecule has 1 aliphatic rings. The minimum absolute atomic E-state index is 0.333. The third-order valence-electron chi connectivity index (χ3n) is 2.22. The zero-order valence-corrected chi connectivity index (χ0v) is 11.4. The molecule has 0 saturated heterocycles. The Morgan fingerprint density at radius 1 is 1.47 bits per heavy atom. The Balaban J connectivity index is 2.24. The Hall–Kier alpha value is -0.180. The van der Waals surface area contributed by atoms with Crippen LogP contribution < -0.4 is 5.32 Å². The molecule has 0 bridgehead atoms. The maximum Gasteiger partial charge on any atom is 0.156 e. The summed E-state index contributed by atoms with van der Waals surface area (Å²) in [7, 11) is 0. The van der Waals surface area contributed by atoms with Crippen LogP contribution in [0.5, 0.6) is 0 Å². The summed E-state index contributed by atoms with van der Waals surface area (Å²) in [6, 6.07) is 0. The second-order valence-corrected chi connectivity index (χ2v) is 7.22. The quantitative estimate of drug-likeness (QED) is 0.802. The Kier molecular flexibility index (Phi) is 4.50. The molecule has 1 heterocycles. The summed E-state index contributed by atoms with van der Waals surface area (Å²) in [4.78, 5) is 4.54. The van der Waals surface area contributed by atoms with Gasteiger partial charge in [0.1, 0.15) is 0 Å². The molecular formula is C12H24N2S. The average Bonchev–Trinajstić information content (AvgIpc) is 2.46. The van der Waals surface area contributed by atoms with E-state index in [9.17, 15) is 0 Å². The van der Waals surface area contributed by atoms with Crippen LogP contribution in [0.3, 0.4) is 0 Å². The number of thioether (sulfide) groups is 1. The van der Waals surface area contributed by atoms with Gasteiger partial charge in [-0.15, -0.1) is 0 Å². The molecule has 0 saturated carbocycles. The predicted molar refractivity (Wildman–Crippen MR) is 70.6 cm³/mol. The number of hydrogen-bond acceptors (Lipinski definition) is 3. The van der Waals surface area contributed by atoms with Gasteiger partial charge in [-0.3, -0.25) is 4.99 Å². The molecular weight excluding hydrogens is 204 g/mol. The molecule has 0 aromatic heterocycles. The van der Waals surface area contributed by atoms with Crippen molar-refractivity contribution < 1.29 is 0 Å². The van der Waals surface area contributed by atoms with E-state index in [0.717, 1.165) is 24.2 Å². The summed E-state index contributed by atoms with van der Waals surface area (Å²) >= 11 is 1.92. The van der Waals surface area contributed by atoms with Crippen LogP contribution >= 0.6 is 11.8 Å². The van der Waals surface area contributed by atoms with Crippen LogP contribution in [0.15, 0.2) is 4.99 Å². The van der Waals surface area contributed by atoms with Crippen LogP contribution in [0.25, 0.3) is 0 Å². The van der Waals surface area contributed by atoms with Crippen molar-refractivity contribution in [3.63, 3.8) is 0 Å². The lowest BCUT2D eigenvalue weighted by molar-refractivity contribution is 0.410. The third kappa shape index (κ3) is 5.45. The van der Waals surface area contributed by atoms with E-state index in [2.05, 4.69) is 44.9 Å². The maximum atomic E-state index is 4.54. The van der Waals surface area contributed by atoms with E-state index in [1.165, 1.54) is 6.42 Å². The SMILES string of the molecule is CC(C)CC1CN=C(NCC(C)(C)C)S1. The zero-order valence-electron chi connectivity index (χ0n) is 10.6. The summed E-state index contributed by atoms with van der Waals surface area (Å²) in [6.45, 7) is 13.3. The molecule has 0 aliphatic carbocycles. The first-order valence-electron chi connectivity index (χ1n) is 5.82. The summed E-state index contributed by atoms with van der Waals surface area (Å²) < 4.78 is 0. The van der Waals surface area contributed by atoms with Crippen molar-refractivity contribution in [3.05, 3.63) is 0 Å². The molecule has 2 nitrogen and oxygen atoms in total. The molecule has 1 aliphatic heterocycles. The van der Waals surface area contributed by atoms with Crippen LogP contribution in [0.4, 0.5) is 0 Å². The monoisotopic (exact) mass is 228 g/mol. The molecule has 15 heavy (non-hydrogen) atoms. The number of hydrogen-bond donors (Lipinski definition) is 1. The highest BCUT2D eigenvalue weighted by molar-refractivity contribution is 8.14. The Morgan fingerprint density at radius 3 is 2.67 bits per heavy atom. The highest BCUT2D eigenvalue weighted by atomic mass is 32.2. The highest BCUT2D eigenvalue weighted by Crippen LogP contribution is 2.25. The minimum Gasteiger partial charge on any atom is -0.364 e. The van der Waals surface area contributed by atoms with Gasteiger partial charge >= 0.3 is 0 Å². The highest BCUT2D eigenvalue weighted by Gasteiger charge is 2.21. The standard InChI is InChI=1S/C12H24N2S/c1-9(2)6-10-7-13-11(15-10)14-8-12(3,4)5/h9-10H,6-8H2,1-5H3,(H,13,14). The summed E-state index contributed by atoms with van der Waals surface area (Å²) in [5, 5.41) is 5.29. The van der Waals surface area contributed by atoms with Crippen molar-refractivity contribution in [1.29, 1.82) is 0 Å². The van der Waals surface area contributed by atoms with Gasteiger partial charge in [0.2, 0.25) is 0 Å². The minimum atomic E-state index is 0.333.